The van der Waals surface area contributed by atoms with E-state index >= 15 is 0 Å². The van der Waals surface area contributed by atoms with Crippen LogP contribution in [-0.2, 0) is 12.0 Å². The minimum Gasteiger partial charge on any atom is -0.472 e. The minimum absolute atomic E-state index is 0.715. The first-order valence-electron chi connectivity index (χ1n) is 13.6. The van der Waals surface area contributed by atoms with Crippen molar-refractivity contribution in [2.24, 2.45) is 0 Å². The van der Waals surface area contributed by atoms with Crippen LogP contribution in [0.1, 0.15) is 27.8 Å². The number of hydrogen-bond acceptors (Lipinski definition) is 1. The lowest BCUT2D eigenvalue weighted by Crippen LogP contribution is -2.34. The van der Waals surface area contributed by atoms with Gasteiger partial charge in [0.25, 0.3) is 0 Å². The number of benzene rings is 6. The molecule has 184 valence electrons. The number of hydrogen-bond donors (Lipinski definition) is 0. The maximum absolute atomic E-state index is 7.30. The van der Waals surface area contributed by atoms with Gasteiger partial charge in [0.15, 0.2) is 5.60 Å². The van der Waals surface area contributed by atoms with E-state index in [1.54, 1.807) is 0 Å². The van der Waals surface area contributed by atoms with Gasteiger partial charge in [0, 0.05) is 22.1 Å². The van der Waals surface area contributed by atoms with Crippen molar-refractivity contribution in [3.05, 3.63) is 167 Å². The average molecular weight is 499 g/mol. The first-order valence-corrected chi connectivity index (χ1v) is 13.6. The van der Waals surface area contributed by atoms with E-state index in [2.05, 4.69) is 146 Å². The molecule has 1 nitrogen and oxygen atoms in total. The topological polar surface area (TPSA) is 9.23 Å². The summed E-state index contributed by atoms with van der Waals surface area (Å²) < 4.78 is 7.30. The van der Waals surface area contributed by atoms with Gasteiger partial charge in [0.1, 0.15) is 5.75 Å². The van der Waals surface area contributed by atoms with E-state index < -0.39 is 5.60 Å². The lowest BCUT2D eigenvalue weighted by molar-refractivity contribution is 0.163. The molecule has 1 heterocycles. The molecule has 1 aliphatic carbocycles. The zero-order valence-corrected chi connectivity index (χ0v) is 21.5. The van der Waals surface area contributed by atoms with E-state index in [0.29, 0.717) is 0 Å². The highest BCUT2D eigenvalue weighted by atomic mass is 16.5. The summed E-state index contributed by atoms with van der Waals surface area (Å²) in [5.41, 5.74) is 10.6. The molecule has 0 aromatic heterocycles. The Bertz CT molecular complexity index is 1860. The van der Waals surface area contributed by atoms with Gasteiger partial charge in [-0.1, -0.05) is 140 Å². The van der Waals surface area contributed by atoms with Crippen molar-refractivity contribution in [3.8, 4) is 28.0 Å². The summed E-state index contributed by atoms with van der Waals surface area (Å²) in [5.74, 6) is 0.955. The summed E-state index contributed by atoms with van der Waals surface area (Å²) in [7, 11) is 0. The molecule has 0 bridgehead atoms. The van der Waals surface area contributed by atoms with Crippen LogP contribution in [0, 0.1) is 0 Å². The summed E-state index contributed by atoms with van der Waals surface area (Å²) in [6.07, 6.45) is 5.43. The highest BCUT2D eigenvalue weighted by molar-refractivity contribution is 6.08. The molecule has 0 saturated heterocycles. The highest BCUT2D eigenvalue weighted by Gasteiger charge is 2.39. The van der Waals surface area contributed by atoms with Crippen LogP contribution in [0.3, 0.4) is 0 Å². The second kappa shape index (κ2) is 8.58. The van der Waals surface area contributed by atoms with Crippen molar-refractivity contribution in [3.63, 3.8) is 0 Å². The van der Waals surface area contributed by atoms with Crippen molar-refractivity contribution in [2.75, 3.05) is 0 Å². The summed E-state index contributed by atoms with van der Waals surface area (Å²) in [5, 5.41) is 2.38. The molecular weight excluding hydrogens is 472 g/mol. The van der Waals surface area contributed by atoms with Crippen LogP contribution in [-0.4, -0.2) is 0 Å². The zero-order valence-electron chi connectivity index (χ0n) is 21.5. The Morgan fingerprint density at radius 2 is 1.08 bits per heavy atom. The Balaban J connectivity index is 1.47. The summed E-state index contributed by atoms with van der Waals surface area (Å²) in [6.45, 7) is 0. The van der Waals surface area contributed by atoms with Crippen LogP contribution in [0.5, 0.6) is 5.75 Å². The van der Waals surface area contributed by atoms with Crippen LogP contribution in [0.25, 0.3) is 39.1 Å². The molecule has 0 atom stereocenters. The molecule has 8 rings (SSSR count). The summed E-state index contributed by atoms with van der Waals surface area (Å²) in [6, 6.07) is 47.6. The van der Waals surface area contributed by atoms with Gasteiger partial charge in [-0.05, 0) is 51.3 Å². The molecule has 0 fully saturated rings. The van der Waals surface area contributed by atoms with E-state index in [-0.39, 0.29) is 0 Å². The van der Waals surface area contributed by atoms with Crippen LogP contribution in [0.15, 0.2) is 140 Å². The molecule has 1 aliphatic heterocycles. The Labute approximate surface area is 228 Å². The standard InChI is InChI=1S/C38H26O/c1-3-14-27(15-4-1)38(28-16-5-2-6-17-28)24-23-34-35-25-26-13-7-8-18-29(26)30-19-9-10-20-31(30)36(35)32-21-11-12-22-33(32)37(34)39-38/h1-24H,25H2. The third-order valence-electron chi connectivity index (χ3n) is 8.34. The van der Waals surface area contributed by atoms with Gasteiger partial charge < -0.3 is 4.74 Å². The summed E-state index contributed by atoms with van der Waals surface area (Å²) >= 11 is 0. The second-order valence-electron chi connectivity index (χ2n) is 10.4. The smallest absolute Gasteiger partial charge is 0.178 e. The average Bonchev–Trinajstić information content (AvgIpc) is 3.17. The maximum Gasteiger partial charge on any atom is 0.178 e. The van der Waals surface area contributed by atoms with Crippen molar-refractivity contribution >= 4 is 16.8 Å². The fourth-order valence-corrected chi connectivity index (χ4v) is 6.56. The molecule has 0 spiro atoms. The number of rotatable bonds is 2. The minimum atomic E-state index is -0.715. The van der Waals surface area contributed by atoms with Crippen LogP contribution in [0.2, 0.25) is 0 Å². The van der Waals surface area contributed by atoms with Crippen LogP contribution < -0.4 is 4.74 Å². The number of ether oxygens (including phenoxy) is 1. The van der Waals surface area contributed by atoms with Gasteiger partial charge in [0.05, 0.1) is 0 Å². The van der Waals surface area contributed by atoms with Crippen LogP contribution in [0.4, 0.5) is 0 Å². The van der Waals surface area contributed by atoms with Crippen LogP contribution >= 0.6 is 0 Å². The van der Waals surface area contributed by atoms with Crippen molar-refractivity contribution in [2.45, 2.75) is 12.0 Å². The maximum atomic E-state index is 7.30. The predicted molar refractivity (Wildman–Crippen MR) is 161 cm³/mol. The molecule has 0 unspecified atom stereocenters. The third kappa shape index (κ3) is 3.26. The largest absolute Gasteiger partial charge is 0.472 e. The lowest BCUT2D eigenvalue weighted by Gasteiger charge is -2.37. The lowest BCUT2D eigenvalue weighted by atomic mass is 9.80. The molecule has 0 N–H and O–H groups in total. The van der Waals surface area contributed by atoms with E-state index in [9.17, 15) is 0 Å². The Hall–Kier alpha value is -4.88. The zero-order chi connectivity index (χ0) is 25.8. The highest BCUT2D eigenvalue weighted by Crippen LogP contribution is 2.52. The van der Waals surface area contributed by atoms with Gasteiger partial charge in [-0.2, -0.15) is 0 Å². The third-order valence-corrected chi connectivity index (χ3v) is 8.34. The fraction of sp³-hybridized carbons (Fsp3) is 0.0526. The normalized spacial score (nSPS) is 14.4. The molecular formula is C38H26O. The molecule has 0 amide bonds. The van der Waals surface area contributed by atoms with Gasteiger partial charge in [-0.3, -0.25) is 0 Å². The Kier molecular flexibility index (Phi) is 4.87. The molecule has 0 radical (unpaired) electrons. The van der Waals surface area contributed by atoms with Crippen molar-refractivity contribution in [1.82, 2.24) is 0 Å². The Morgan fingerprint density at radius 3 is 1.79 bits per heavy atom. The quantitative estimate of drug-likeness (QED) is 0.231. The van der Waals surface area contributed by atoms with E-state index in [1.165, 1.54) is 44.3 Å². The first-order chi connectivity index (χ1) is 19.3. The summed E-state index contributed by atoms with van der Waals surface area (Å²) in [4.78, 5) is 0. The second-order valence-corrected chi connectivity index (χ2v) is 10.4. The van der Waals surface area contributed by atoms with Gasteiger partial charge in [-0.15, -0.1) is 0 Å². The van der Waals surface area contributed by atoms with Gasteiger partial charge >= 0.3 is 0 Å². The van der Waals surface area contributed by atoms with E-state index in [0.717, 1.165) is 28.7 Å². The molecule has 6 aromatic carbocycles. The Morgan fingerprint density at radius 1 is 0.513 bits per heavy atom. The molecule has 6 aromatic rings. The molecule has 0 saturated carbocycles. The van der Waals surface area contributed by atoms with E-state index in [1.807, 2.05) is 0 Å². The van der Waals surface area contributed by atoms with E-state index in [4.69, 9.17) is 4.74 Å². The van der Waals surface area contributed by atoms with Gasteiger partial charge in [0.2, 0.25) is 0 Å². The van der Waals surface area contributed by atoms with Crippen molar-refractivity contribution < 1.29 is 4.74 Å². The van der Waals surface area contributed by atoms with Gasteiger partial charge in [-0.25, -0.2) is 0 Å². The SMILES string of the molecule is C1=CC(c2ccccc2)(c2ccccc2)Oc2c1c1c(c3ccccc23)-c2ccccc2-c2ccccc2C1. The fourth-order valence-electron chi connectivity index (χ4n) is 6.56. The van der Waals surface area contributed by atoms with Crippen molar-refractivity contribution in [1.29, 1.82) is 0 Å². The molecule has 1 heteroatoms. The number of fused-ring (bicyclic) bond motifs is 10. The molecule has 39 heavy (non-hydrogen) atoms. The predicted octanol–water partition coefficient (Wildman–Crippen LogP) is 9.43. The first kappa shape index (κ1) is 22.1. The molecule has 2 aliphatic rings. The monoisotopic (exact) mass is 498 g/mol.